The van der Waals surface area contributed by atoms with Crippen molar-refractivity contribution >= 4 is 17.7 Å². The van der Waals surface area contributed by atoms with Crippen molar-refractivity contribution in [1.82, 2.24) is 10.6 Å². The molecule has 0 aliphatic heterocycles. The van der Waals surface area contributed by atoms with Gasteiger partial charge in [0.15, 0.2) is 0 Å². The third-order valence-electron chi connectivity index (χ3n) is 4.50. The molecule has 0 aliphatic rings. The number of nitrogens with one attached hydrogen (secondary N) is 2. The van der Waals surface area contributed by atoms with E-state index in [4.69, 9.17) is 5.73 Å². The lowest BCUT2D eigenvalue weighted by Crippen LogP contribution is -2.45. The first-order valence-corrected chi connectivity index (χ1v) is 9.42. The summed E-state index contributed by atoms with van der Waals surface area (Å²) < 4.78 is 0. The Labute approximate surface area is 165 Å². The fourth-order valence-electron chi connectivity index (χ4n) is 2.87. The normalized spacial score (nSPS) is 12.6. The average molecular weight is 381 g/mol. The molecule has 0 aliphatic carbocycles. The van der Waals surface area contributed by atoms with E-state index >= 15 is 0 Å². The maximum absolute atomic E-state index is 12.1. The Kier molecular flexibility index (Phi) is 8.21. The summed E-state index contributed by atoms with van der Waals surface area (Å²) >= 11 is 0. The highest BCUT2D eigenvalue weighted by Crippen LogP contribution is 2.11. The molecule has 4 N–H and O–H groups in total. The zero-order valence-electron chi connectivity index (χ0n) is 16.1. The van der Waals surface area contributed by atoms with Crippen molar-refractivity contribution in [3.63, 3.8) is 0 Å². The molecule has 0 bridgehead atoms. The minimum absolute atomic E-state index is 0.00244. The van der Waals surface area contributed by atoms with Gasteiger partial charge in [-0.2, -0.15) is 0 Å². The first-order valence-electron chi connectivity index (χ1n) is 9.42. The lowest BCUT2D eigenvalue weighted by atomic mass is 10.0. The van der Waals surface area contributed by atoms with E-state index < -0.39 is 11.9 Å². The van der Waals surface area contributed by atoms with Gasteiger partial charge in [0, 0.05) is 12.8 Å². The summed E-state index contributed by atoms with van der Waals surface area (Å²) in [5, 5.41) is 5.50. The van der Waals surface area contributed by atoms with E-state index in [-0.39, 0.29) is 30.7 Å². The van der Waals surface area contributed by atoms with E-state index in [1.807, 2.05) is 67.6 Å². The van der Waals surface area contributed by atoms with Crippen molar-refractivity contribution < 1.29 is 14.4 Å². The van der Waals surface area contributed by atoms with Crippen LogP contribution >= 0.6 is 0 Å². The molecular weight excluding hydrogens is 354 g/mol. The van der Waals surface area contributed by atoms with Crippen LogP contribution < -0.4 is 16.4 Å². The van der Waals surface area contributed by atoms with Crippen LogP contribution in [0.4, 0.5) is 0 Å². The van der Waals surface area contributed by atoms with Gasteiger partial charge in [0.05, 0.1) is 6.04 Å². The third kappa shape index (κ3) is 7.23. The van der Waals surface area contributed by atoms with E-state index in [1.165, 1.54) is 0 Å². The fraction of sp³-hybridized carbons (Fsp3) is 0.318. The smallest absolute Gasteiger partial charge is 0.240 e. The minimum atomic E-state index is -0.751. The molecule has 0 unspecified atom stereocenters. The van der Waals surface area contributed by atoms with E-state index in [2.05, 4.69) is 10.6 Å². The van der Waals surface area contributed by atoms with E-state index in [0.29, 0.717) is 12.8 Å². The highest BCUT2D eigenvalue weighted by molar-refractivity contribution is 5.88. The van der Waals surface area contributed by atoms with Gasteiger partial charge >= 0.3 is 0 Å². The lowest BCUT2D eigenvalue weighted by Gasteiger charge is -2.16. The number of primary amides is 1. The number of nitrogens with two attached hydrogens (primary N) is 1. The predicted molar refractivity (Wildman–Crippen MR) is 108 cm³/mol. The molecule has 6 heteroatoms. The van der Waals surface area contributed by atoms with Gasteiger partial charge in [-0.3, -0.25) is 14.4 Å². The Bertz CT molecular complexity index is 778. The largest absolute Gasteiger partial charge is 0.368 e. The van der Waals surface area contributed by atoms with Crippen LogP contribution in [0.15, 0.2) is 60.7 Å². The summed E-state index contributed by atoms with van der Waals surface area (Å²) in [6, 6.07) is 18.4. The third-order valence-corrected chi connectivity index (χ3v) is 4.50. The molecule has 3 amide bonds. The van der Waals surface area contributed by atoms with Crippen molar-refractivity contribution in [3.8, 4) is 0 Å². The van der Waals surface area contributed by atoms with Gasteiger partial charge in [-0.15, -0.1) is 0 Å². The number of benzene rings is 2. The molecule has 0 spiro atoms. The van der Waals surface area contributed by atoms with E-state index in [9.17, 15) is 14.4 Å². The summed E-state index contributed by atoms with van der Waals surface area (Å²) in [6.07, 6.45) is 1.10. The zero-order valence-corrected chi connectivity index (χ0v) is 16.1. The molecule has 0 heterocycles. The second-order valence-electron chi connectivity index (χ2n) is 6.75. The standard InChI is InChI=1S/C22H27N3O3/c1-16(18-10-6-3-7-11-18)24-20(26)14-15-21(27)25-19(22(23)28)13-12-17-8-4-2-5-9-17/h2-11,16,19H,12-15H2,1H3,(H2,23,28)(H,24,26)(H,25,27)/t16-,19+/m1/s1. The van der Waals surface area contributed by atoms with Gasteiger partial charge < -0.3 is 16.4 Å². The number of hydrogen-bond donors (Lipinski definition) is 3. The van der Waals surface area contributed by atoms with Gasteiger partial charge in [-0.25, -0.2) is 0 Å². The van der Waals surface area contributed by atoms with Crippen LogP contribution in [-0.2, 0) is 20.8 Å². The van der Waals surface area contributed by atoms with Crippen LogP contribution in [0.3, 0.4) is 0 Å². The predicted octanol–water partition coefficient (Wildman–Crippen LogP) is 2.25. The number of rotatable bonds is 10. The van der Waals surface area contributed by atoms with Crippen LogP contribution in [0.2, 0.25) is 0 Å². The maximum atomic E-state index is 12.1. The number of carbonyl (C=O) groups excluding carboxylic acids is 3. The summed E-state index contributed by atoms with van der Waals surface area (Å²) in [4.78, 5) is 35.8. The van der Waals surface area contributed by atoms with Crippen molar-refractivity contribution in [1.29, 1.82) is 0 Å². The van der Waals surface area contributed by atoms with Crippen molar-refractivity contribution in [2.75, 3.05) is 0 Å². The van der Waals surface area contributed by atoms with Gasteiger partial charge in [0.1, 0.15) is 6.04 Å². The average Bonchev–Trinajstić information content (AvgIpc) is 2.70. The SMILES string of the molecule is C[C@@H](NC(=O)CCC(=O)N[C@@H](CCc1ccccc1)C(N)=O)c1ccccc1. The number of aryl methyl sites for hydroxylation is 1. The Morgan fingerprint density at radius 1 is 0.857 bits per heavy atom. The van der Waals surface area contributed by atoms with Crippen LogP contribution in [0, 0.1) is 0 Å². The van der Waals surface area contributed by atoms with Gasteiger partial charge in [-0.1, -0.05) is 60.7 Å². The van der Waals surface area contributed by atoms with Gasteiger partial charge in [0.25, 0.3) is 0 Å². The molecule has 0 fully saturated rings. The number of amides is 3. The van der Waals surface area contributed by atoms with Gasteiger partial charge in [0.2, 0.25) is 17.7 Å². The molecule has 6 nitrogen and oxygen atoms in total. The summed E-state index contributed by atoms with van der Waals surface area (Å²) in [7, 11) is 0. The molecule has 28 heavy (non-hydrogen) atoms. The number of carbonyl (C=O) groups is 3. The molecule has 0 saturated carbocycles. The summed E-state index contributed by atoms with van der Waals surface area (Å²) in [6.45, 7) is 1.89. The topological polar surface area (TPSA) is 101 Å². The minimum Gasteiger partial charge on any atom is -0.368 e. The first-order chi connectivity index (χ1) is 13.5. The highest BCUT2D eigenvalue weighted by atomic mass is 16.2. The Balaban J connectivity index is 1.75. The van der Waals surface area contributed by atoms with Crippen LogP contribution in [0.25, 0.3) is 0 Å². The quantitative estimate of drug-likeness (QED) is 0.588. The van der Waals surface area contributed by atoms with Crippen molar-refractivity contribution in [2.24, 2.45) is 5.73 Å². The molecule has 2 aromatic rings. The van der Waals surface area contributed by atoms with Crippen molar-refractivity contribution in [2.45, 2.75) is 44.7 Å². The van der Waals surface area contributed by atoms with Gasteiger partial charge in [-0.05, 0) is 30.9 Å². The molecule has 148 valence electrons. The monoisotopic (exact) mass is 381 g/mol. The Morgan fingerprint density at radius 3 is 1.96 bits per heavy atom. The lowest BCUT2D eigenvalue weighted by molar-refractivity contribution is -0.129. The molecule has 2 rings (SSSR count). The maximum Gasteiger partial charge on any atom is 0.240 e. The second-order valence-corrected chi connectivity index (χ2v) is 6.75. The number of hydrogen-bond acceptors (Lipinski definition) is 3. The van der Waals surface area contributed by atoms with Crippen molar-refractivity contribution in [3.05, 3.63) is 71.8 Å². The highest BCUT2D eigenvalue weighted by Gasteiger charge is 2.19. The molecular formula is C22H27N3O3. The van der Waals surface area contributed by atoms with E-state index in [1.54, 1.807) is 0 Å². The molecule has 0 saturated heterocycles. The zero-order chi connectivity index (χ0) is 20.4. The molecule has 2 atom stereocenters. The first kappa shape index (κ1) is 21.2. The summed E-state index contributed by atoms with van der Waals surface area (Å²) in [5.41, 5.74) is 7.46. The van der Waals surface area contributed by atoms with Crippen LogP contribution in [-0.4, -0.2) is 23.8 Å². The van der Waals surface area contributed by atoms with E-state index in [0.717, 1.165) is 11.1 Å². The molecule has 0 aromatic heterocycles. The van der Waals surface area contributed by atoms with Crippen LogP contribution in [0.1, 0.15) is 43.4 Å². The summed E-state index contributed by atoms with van der Waals surface area (Å²) in [5.74, 6) is -1.16. The second kappa shape index (κ2) is 10.9. The Hall–Kier alpha value is -3.15. The Morgan fingerprint density at radius 2 is 1.39 bits per heavy atom. The van der Waals surface area contributed by atoms with Crippen LogP contribution in [0.5, 0.6) is 0 Å². The molecule has 0 radical (unpaired) electrons. The fourth-order valence-corrected chi connectivity index (χ4v) is 2.87. The molecule has 2 aromatic carbocycles.